The second-order valence-electron chi connectivity index (χ2n) is 4.83. The van der Waals surface area contributed by atoms with Crippen LogP contribution in [0, 0.1) is 0 Å². The molecule has 2 aromatic rings. The summed E-state index contributed by atoms with van der Waals surface area (Å²) in [6, 6.07) is 7.51. The molecular weight excluding hydrogens is 320 g/mol. The number of carbonyl (C=O) groups is 1. The summed E-state index contributed by atoms with van der Waals surface area (Å²) < 4.78 is 7.78. The average Bonchev–Trinajstić information content (AvgIpc) is 2.87. The van der Waals surface area contributed by atoms with Crippen molar-refractivity contribution >= 4 is 21.7 Å². The molecule has 1 aromatic heterocycles. The largest absolute Gasteiger partial charge is 0.496 e. The van der Waals surface area contributed by atoms with Crippen molar-refractivity contribution in [1.29, 1.82) is 0 Å². The molecule has 0 aliphatic heterocycles. The van der Waals surface area contributed by atoms with Crippen molar-refractivity contribution < 1.29 is 9.53 Å². The standard InChI is InChI=1S/C15H17BrN2O2/c1-10(2)18-7-6-12(17-18)9-14(19)11-4-5-15(20-3)13(16)8-11/h4-8,10H,9H2,1-3H3. The van der Waals surface area contributed by atoms with Gasteiger partial charge in [-0.15, -0.1) is 0 Å². The Morgan fingerprint density at radius 2 is 2.15 bits per heavy atom. The molecule has 0 atom stereocenters. The predicted molar refractivity (Wildman–Crippen MR) is 81.3 cm³/mol. The fourth-order valence-corrected chi connectivity index (χ4v) is 2.41. The molecule has 0 unspecified atom stereocenters. The Labute approximate surface area is 126 Å². The Bertz CT molecular complexity index is 620. The molecule has 5 heteroatoms. The summed E-state index contributed by atoms with van der Waals surface area (Å²) in [6.07, 6.45) is 2.20. The minimum atomic E-state index is 0.0439. The first-order valence-corrected chi connectivity index (χ1v) is 7.21. The first kappa shape index (κ1) is 14.8. The van der Waals surface area contributed by atoms with Crippen LogP contribution in [0.4, 0.5) is 0 Å². The summed E-state index contributed by atoms with van der Waals surface area (Å²) in [4.78, 5) is 12.2. The lowest BCUT2D eigenvalue weighted by Crippen LogP contribution is -2.06. The lowest BCUT2D eigenvalue weighted by Gasteiger charge is -2.06. The maximum atomic E-state index is 12.2. The number of ketones is 1. The van der Waals surface area contributed by atoms with E-state index in [0.717, 1.165) is 10.2 Å². The number of aromatic nitrogens is 2. The first-order valence-electron chi connectivity index (χ1n) is 6.42. The van der Waals surface area contributed by atoms with E-state index >= 15 is 0 Å². The third-order valence-corrected chi connectivity index (χ3v) is 3.63. The number of hydrogen-bond donors (Lipinski definition) is 0. The van der Waals surface area contributed by atoms with E-state index in [1.165, 1.54) is 0 Å². The fourth-order valence-electron chi connectivity index (χ4n) is 1.87. The topological polar surface area (TPSA) is 44.1 Å². The number of carbonyl (C=O) groups excluding carboxylic acids is 1. The van der Waals surface area contributed by atoms with Crippen LogP contribution in [0.5, 0.6) is 5.75 Å². The van der Waals surface area contributed by atoms with Crippen molar-refractivity contribution in [3.8, 4) is 5.75 Å². The zero-order valence-corrected chi connectivity index (χ0v) is 13.3. The van der Waals surface area contributed by atoms with Crippen LogP contribution in [-0.2, 0) is 6.42 Å². The molecule has 4 nitrogen and oxygen atoms in total. The van der Waals surface area contributed by atoms with E-state index in [4.69, 9.17) is 4.74 Å². The SMILES string of the molecule is COc1ccc(C(=O)Cc2ccn(C(C)C)n2)cc1Br. The highest BCUT2D eigenvalue weighted by molar-refractivity contribution is 9.10. The minimum Gasteiger partial charge on any atom is -0.496 e. The lowest BCUT2D eigenvalue weighted by atomic mass is 10.1. The van der Waals surface area contributed by atoms with Crippen molar-refractivity contribution in [3.63, 3.8) is 0 Å². The molecule has 0 saturated heterocycles. The van der Waals surface area contributed by atoms with Crippen LogP contribution in [0.15, 0.2) is 34.9 Å². The smallest absolute Gasteiger partial charge is 0.168 e. The number of benzene rings is 1. The molecule has 0 aliphatic carbocycles. The summed E-state index contributed by atoms with van der Waals surface area (Å²) in [5.74, 6) is 0.757. The number of halogens is 1. The first-order chi connectivity index (χ1) is 9.51. The van der Waals surface area contributed by atoms with Crippen LogP contribution in [0.2, 0.25) is 0 Å². The summed E-state index contributed by atoms with van der Waals surface area (Å²) in [7, 11) is 1.60. The van der Waals surface area contributed by atoms with Gasteiger partial charge in [-0.05, 0) is 54.0 Å². The monoisotopic (exact) mass is 336 g/mol. The van der Waals surface area contributed by atoms with Gasteiger partial charge in [-0.1, -0.05) is 0 Å². The highest BCUT2D eigenvalue weighted by Crippen LogP contribution is 2.26. The molecule has 0 bridgehead atoms. The zero-order chi connectivity index (χ0) is 14.7. The van der Waals surface area contributed by atoms with E-state index in [1.807, 2.05) is 16.9 Å². The van der Waals surface area contributed by atoms with Gasteiger partial charge in [-0.25, -0.2) is 0 Å². The molecule has 0 N–H and O–H groups in total. The third kappa shape index (κ3) is 3.28. The summed E-state index contributed by atoms with van der Waals surface area (Å²) in [5.41, 5.74) is 1.44. The molecule has 0 amide bonds. The molecule has 0 fully saturated rings. The quantitative estimate of drug-likeness (QED) is 0.782. The van der Waals surface area contributed by atoms with Crippen LogP contribution >= 0.6 is 15.9 Å². The highest BCUT2D eigenvalue weighted by atomic mass is 79.9. The Morgan fingerprint density at radius 3 is 2.70 bits per heavy atom. The second kappa shape index (κ2) is 6.22. The number of methoxy groups -OCH3 is 1. The van der Waals surface area contributed by atoms with Crippen molar-refractivity contribution in [2.24, 2.45) is 0 Å². The number of nitrogens with zero attached hydrogens (tertiary/aromatic N) is 2. The van der Waals surface area contributed by atoms with Gasteiger partial charge in [0.15, 0.2) is 5.78 Å². The van der Waals surface area contributed by atoms with E-state index in [0.29, 0.717) is 23.8 Å². The van der Waals surface area contributed by atoms with Gasteiger partial charge >= 0.3 is 0 Å². The molecule has 106 valence electrons. The molecule has 2 rings (SSSR count). The predicted octanol–water partition coefficient (Wildman–Crippen LogP) is 3.66. The van der Waals surface area contributed by atoms with E-state index in [2.05, 4.69) is 34.9 Å². The number of rotatable bonds is 5. The van der Waals surface area contributed by atoms with Gasteiger partial charge in [-0.2, -0.15) is 5.10 Å². The van der Waals surface area contributed by atoms with Crippen LogP contribution in [0.25, 0.3) is 0 Å². The van der Waals surface area contributed by atoms with Gasteiger partial charge in [-0.3, -0.25) is 9.48 Å². The van der Waals surface area contributed by atoms with Crippen molar-refractivity contribution in [3.05, 3.63) is 46.2 Å². The summed E-state index contributed by atoms with van der Waals surface area (Å²) >= 11 is 3.39. The number of ether oxygens (including phenoxy) is 1. The Kier molecular flexibility index (Phi) is 4.60. The molecule has 0 radical (unpaired) electrons. The van der Waals surface area contributed by atoms with Crippen molar-refractivity contribution in [2.45, 2.75) is 26.3 Å². The maximum Gasteiger partial charge on any atom is 0.168 e. The number of Topliss-reactive ketones (excluding diaryl/α,β-unsaturated/α-hetero) is 1. The minimum absolute atomic E-state index is 0.0439. The second-order valence-corrected chi connectivity index (χ2v) is 5.68. The molecule has 1 heterocycles. The molecule has 20 heavy (non-hydrogen) atoms. The van der Waals surface area contributed by atoms with Crippen LogP contribution < -0.4 is 4.74 Å². The molecular formula is C15H17BrN2O2. The van der Waals surface area contributed by atoms with Gasteiger partial charge in [0.25, 0.3) is 0 Å². The molecule has 0 aliphatic rings. The molecule has 0 saturated carbocycles. The van der Waals surface area contributed by atoms with Crippen LogP contribution in [0.3, 0.4) is 0 Å². The maximum absolute atomic E-state index is 12.2. The lowest BCUT2D eigenvalue weighted by molar-refractivity contribution is 0.0991. The van der Waals surface area contributed by atoms with Gasteiger partial charge in [0, 0.05) is 17.8 Å². The Balaban J connectivity index is 2.13. The van der Waals surface area contributed by atoms with Crippen molar-refractivity contribution in [2.75, 3.05) is 7.11 Å². The zero-order valence-electron chi connectivity index (χ0n) is 11.8. The molecule has 1 aromatic carbocycles. The van der Waals surface area contributed by atoms with Gasteiger partial charge in [0.2, 0.25) is 0 Å². The molecule has 0 spiro atoms. The summed E-state index contributed by atoms with van der Waals surface area (Å²) in [5, 5.41) is 4.39. The summed E-state index contributed by atoms with van der Waals surface area (Å²) in [6.45, 7) is 4.11. The highest BCUT2D eigenvalue weighted by Gasteiger charge is 2.12. The van der Waals surface area contributed by atoms with E-state index in [9.17, 15) is 4.79 Å². The average molecular weight is 337 g/mol. The van der Waals surface area contributed by atoms with Gasteiger partial charge in [0.1, 0.15) is 5.75 Å². The third-order valence-electron chi connectivity index (χ3n) is 3.01. The van der Waals surface area contributed by atoms with Gasteiger partial charge < -0.3 is 4.74 Å². The van der Waals surface area contributed by atoms with E-state index in [1.54, 1.807) is 25.3 Å². The fraction of sp³-hybridized carbons (Fsp3) is 0.333. The number of hydrogen-bond acceptors (Lipinski definition) is 3. The Morgan fingerprint density at radius 1 is 1.40 bits per heavy atom. The van der Waals surface area contributed by atoms with Crippen LogP contribution in [0.1, 0.15) is 35.9 Å². The normalized spacial score (nSPS) is 10.8. The van der Waals surface area contributed by atoms with Crippen molar-refractivity contribution in [1.82, 2.24) is 9.78 Å². The van der Waals surface area contributed by atoms with Gasteiger partial charge in [0.05, 0.1) is 23.7 Å². The Hall–Kier alpha value is -1.62. The van der Waals surface area contributed by atoms with E-state index < -0.39 is 0 Å². The van der Waals surface area contributed by atoms with Crippen LogP contribution in [-0.4, -0.2) is 22.7 Å². The van der Waals surface area contributed by atoms with E-state index in [-0.39, 0.29) is 5.78 Å².